The summed E-state index contributed by atoms with van der Waals surface area (Å²) in [5.74, 6) is -1.41. The molecule has 1 unspecified atom stereocenters. The van der Waals surface area contributed by atoms with E-state index in [1.807, 2.05) is 0 Å². The fourth-order valence-corrected chi connectivity index (χ4v) is 6.21. The van der Waals surface area contributed by atoms with Crippen LogP contribution in [0.5, 0.6) is 0 Å². The predicted molar refractivity (Wildman–Crippen MR) is 227 cm³/mol. The molecule has 0 aliphatic carbocycles. The van der Waals surface area contributed by atoms with Crippen molar-refractivity contribution < 1.29 is 19.4 Å². The standard InChI is InChI=1S/C48H82O4/c1-3-5-7-9-11-13-15-17-19-21-23-25-27-29-31-33-35-37-39-41-43-45-47(49)52-46(48(50)51)44-42-40-38-36-34-32-30-28-26-24-22-20-18-16-14-12-10-8-6-4-2/h5,7,11,13,17,19,23,25,29,31,35,37,46H,3-4,6,8-10,12,14-16,18,20-22,24,26-28,30,32-34,36,38-45H2,1-2H3,(H,50,51)/b7-5-,13-11-,19-17-,25-23-,31-29-,37-35-. The molecule has 4 nitrogen and oxygen atoms in total. The zero-order valence-corrected chi connectivity index (χ0v) is 34.1. The highest BCUT2D eigenvalue weighted by molar-refractivity contribution is 5.77. The van der Waals surface area contributed by atoms with Gasteiger partial charge in [0.05, 0.1) is 0 Å². The van der Waals surface area contributed by atoms with E-state index in [1.54, 1.807) is 0 Å². The van der Waals surface area contributed by atoms with E-state index in [4.69, 9.17) is 4.74 Å². The number of rotatable bonds is 39. The van der Waals surface area contributed by atoms with Crippen LogP contribution >= 0.6 is 0 Å². The Bertz CT molecular complexity index is 953. The maximum atomic E-state index is 12.2. The SMILES string of the molecule is CC/C=C\C/C=C\C/C=C\C/C=C\C/C=C\C/C=C\CCCCC(=O)OC(CCCCCCCCCCCCCCCCCCCCCC)C(=O)O. The van der Waals surface area contributed by atoms with Gasteiger partial charge < -0.3 is 9.84 Å². The third-order valence-corrected chi connectivity index (χ3v) is 9.47. The van der Waals surface area contributed by atoms with E-state index in [1.165, 1.54) is 109 Å². The van der Waals surface area contributed by atoms with Crippen LogP contribution in [-0.4, -0.2) is 23.1 Å². The Labute approximate surface area is 322 Å². The van der Waals surface area contributed by atoms with Gasteiger partial charge >= 0.3 is 11.9 Å². The number of unbranched alkanes of at least 4 members (excludes halogenated alkanes) is 21. The summed E-state index contributed by atoms with van der Waals surface area (Å²) in [6, 6.07) is 0. The van der Waals surface area contributed by atoms with E-state index in [9.17, 15) is 14.7 Å². The number of hydrogen-bond acceptors (Lipinski definition) is 3. The summed E-state index contributed by atoms with van der Waals surface area (Å²) >= 11 is 0. The number of carbonyl (C=O) groups is 2. The van der Waals surface area contributed by atoms with E-state index >= 15 is 0 Å². The van der Waals surface area contributed by atoms with Gasteiger partial charge in [0, 0.05) is 6.42 Å². The highest BCUT2D eigenvalue weighted by Gasteiger charge is 2.21. The van der Waals surface area contributed by atoms with Crippen LogP contribution in [0.2, 0.25) is 0 Å². The largest absolute Gasteiger partial charge is 0.479 e. The van der Waals surface area contributed by atoms with E-state index in [0.717, 1.165) is 77.0 Å². The number of carboxylic acids is 1. The first-order chi connectivity index (χ1) is 25.6. The molecule has 52 heavy (non-hydrogen) atoms. The van der Waals surface area contributed by atoms with Crippen molar-refractivity contribution in [3.8, 4) is 0 Å². The Morgan fingerprint density at radius 2 is 0.788 bits per heavy atom. The van der Waals surface area contributed by atoms with Crippen molar-refractivity contribution in [3.05, 3.63) is 72.9 Å². The van der Waals surface area contributed by atoms with Gasteiger partial charge in [0.15, 0.2) is 6.10 Å². The van der Waals surface area contributed by atoms with E-state index in [0.29, 0.717) is 6.42 Å². The van der Waals surface area contributed by atoms with Gasteiger partial charge in [-0.1, -0.05) is 209 Å². The lowest BCUT2D eigenvalue weighted by atomic mass is 10.0. The molecule has 0 radical (unpaired) electrons. The van der Waals surface area contributed by atoms with Crippen LogP contribution in [0.4, 0.5) is 0 Å². The van der Waals surface area contributed by atoms with E-state index < -0.39 is 12.1 Å². The maximum Gasteiger partial charge on any atom is 0.345 e. The first-order valence-electron chi connectivity index (χ1n) is 21.9. The molecule has 1 atom stereocenters. The van der Waals surface area contributed by atoms with Crippen LogP contribution in [0.25, 0.3) is 0 Å². The zero-order chi connectivity index (χ0) is 37.8. The number of aliphatic carboxylic acids is 1. The van der Waals surface area contributed by atoms with Gasteiger partial charge in [-0.3, -0.25) is 4.79 Å². The highest BCUT2D eigenvalue weighted by atomic mass is 16.6. The second-order valence-electron chi connectivity index (χ2n) is 14.5. The minimum atomic E-state index is -1.02. The molecule has 0 fully saturated rings. The third kappa shape index (κ3) is 40.2. The van der Waals surface area contributed by atoms with Gasteiger partial charge in [-0.05, 0) is 70.6 Å². The molecule has 298 valence electrons. The molecule has 0 aromatic heterocycles. The normalized spacial score (nSPS) is 13.0. The van der Waals surface area contributed by atoms with Crippen LogP contribution < -0.4 is 0 Å². The van der Waals surface area contributed by atoms with Crippen molar-refractivity contribution in [3.63, 3.8) is 0 Å². The van der Waals surface area contributed by atoms with Crippen LogP contribution in [0, 0.1) is 0 Å². The second kappa shape index (κ2) is 42.8. The smallest absolute Gasteiger partial charge is 0.345 e. The summed E-state index contributed by atoms with van der Waals surface area (Å²) in [5.41, 5.74) is 0. The molecule has 0 aliphatic heterocycles. The fraction of sp³-hybridized carbons (Fsp3) is 0.708. The Morgan fingerprint density at radius 1 is 0.442 bits per heavy atom. The van der Waals surface area contributed by atoms with Crippen molar-refractivity contribution in [1.29, 1.82) is 0 Å². The van der Waals surface area contributed by atoms with Gasteiger partial charge in [-0.2, -0.15) is 0 Å². The summed E-state index contributed by atoms with van der Waals surface area (Å²) in [7, 11) is 0. The maximum absolute atomic E-state index is 12.2. The first-order valence-corrected chi connectivity index (χ1v) is 21.9. The molecule has 0 spiro atoms. The Morgan fingerprint density at radius 3 is 1.15 bits per heavy atom. The summed E-state index contributed by atoms with van der Waals surface area (Å²) in [4.78, 5) is 23.9. The minimum Gasteiger partial charge on any atom is -0.479 e. The quantitative estimate of drug-likeness (QED) is 0.0390. The van der Waals surface area contributed by atoms with Crippen molar-refractivity contribution >= 4 is 11.9 Å². The fourth-order valence-electron chi connectivity index (χ4n) is 6.21. The number of carbonyl (C=O) groups excluding carboxylic acids is 1. The van der Waals surface area contributed by atoms with Gasteiger partial charge in [0.25, 0.3) is 0 Å². The van der Waals surface area contributed by atoms with Gasteiger partial charge in [0.2, 0.25) is 0 Å². The molecule has 4 heteroatoms. The highest BCUT2D eigenvalue weighted by Crippen LogP contribution is 2.16. The van der Waals surface area contributed by atoms with Crippen molar-refractivity contribution in [1.82, 2.24) is 0 Å². The Hall–Kier alpha value is -2.62. The summed E-state index contributed by atoms with van der Waals surface area (Å²) in [6.07, 6.45) is 60.9. The Kier molecular flexibility index (Phi) is 40.6. The minimum absolute atomic E-state index is 0.283. The molecule has 0 aliphatic rings. The predicted octanol–water partition coefficient (Wildman–Crippen LogP) is 15.5. The monoisotopic (exact) mass is 723 g/mol. The lowest BCUT2D eigenvalue weighted by molar-refractivity contribution is -0.164. The number of ether oxygens (including phenoxy) is 1. The summed E-state index contributed by atoms with van der Waals surface area (Å²) < 4.78 is 5.32. The number of carboxylic acid groups (broad SMARTS) is 1. The average Bonchev–Trinajstić information content (AvgIpc) is 3.14. The number of hydrogen-bond donors (Lipinski definition) is 1. The number of allylic oxidation sites excluding steroid dienone is 12. The van der Waals surface area contributed by atoms with Crippen molar-refractivity contribution in [2.24, 2.45) is 0 Å². The molecular weight excluding hydrogens is 641 g/mol. The topological polar surface area (TPSA) is 63.6 Å². The third-order valence-electron chi connectivity index (χ3n) is 9.47. The molecular formula is C48H82O4. The molecule has 0 saturated heterocycles. The van der Waals surface area contributed by atoms with Crippen LogP contribution in [-0.2, 0) is 14.3 Å². The van der Waals surface area contributed by atoms with E-state index in [2.05, 4.69) is 86.8 Å². The summed E-state index contributed by atoms with van der Waals surface area (Å²) in [6.45, 7) is 4.44. The molecule has 0 rings (SSSR count). The van der Waals surface area contributed by atoms with Gasteiger partial charge in [-0.15, -0.1) is 0 Å². The van der Waals surface area contributed by atoms with Crippen molar-refractivity contribution in [2.75, 3.05) is 0 Å². The zero-order valence-electron chi connectivity index (χ0n) is 34.1. The molecule has 0 heterocycles. The second-order valence-corrected chi connectivity index (χ2v) is 14.5. The van der Waals surface area contributed by atoms with Gasteiger partial charge in [0.1, 0.15) is 0 Å². The molecule has 1 N–H and O–H groups in total. The number of esters is 1. The van der Waals surface area contributed by atoms with Crippen LogP contribution in [0.15, 0.2) is 72.9 Å². The Balaban J connectivity index is 3.64. The van der Waals surface area contributed by atoms with Crippen LogP contribution in [0.3, 0.4) is 0 Å². The average molecular weight is 723 g/mol. The molecule has 0 saturated carbocycles. The lowest BCUT2D eigenvalue weighted by Gasteiger charge is -2.13. The van der Waals surface area contributed by atoms with Gasteiger partial charge in [-0.25, -0.2) is 4.79 Å². The molecule has 0 aromatic carbocycles. The first kappa shape index (κ1) is 49.4. The molecule has 0 bridgehead atoms. The van der Waals surface area contributed by atoms with E-state index in [-0.39, 0.29) is 12.4 Å². The van der Waals surface area contributed by atoms with Crippen LogP contribution in [0.1, 0.15) is 213 Å². The molecule has 0 aromatic rings. The molecule has 0 amide bonds. The van der Waals surface area contributed by atoms with Crippen molar-refractivity contribution in [2.45, 2.75) is 219 Å². The lowest BCUT2D eigenvalue weighted by Crippen LogP contribution is -2.27. The summed E-state index contributed by atoms with van der Waals surface area (Å²) in [5, 5.41) is 9.53.